The zero-order valence-corrected chi connectivity index (χ0v) is 5.27. The van der Waals surface area contributed by atoms with Crippen molar-refractivity contribution in [3.05, 3.63) is 29.6 Å². The summed E-state index contributed by atoms with van der Waals surface area (Å²) in [5, 5.41) is 0. The third-order valence-electron chi connectivity index (χ3n) is 1.22. The van der Waals surface area contributed by atoms with Crippen LogP contribution < -0.4 is 5.46 Å². The first kappa shape index (κ1) is 7.25. The zero-order chi connectivity index (χ0) is 7.56. The van der Waals surface area contributed by atoms with E-state index in [1.807, 2.05) is 0 Å². The Kier molecular flexibility index (Phi) is 2.04. The number of rotatable bonds is 1. The monoisotopic (exact) mass is 138 g/mol. The molecule has 10 heavy (non-hydrogen) atoms. The molecule has 0 aliphatic heterocycles. The van der Waals surface area contributed by atoms with Crippen LogP contribution in [-0.2, 0) is 6.67 Å². The third-order valence-corrected chi connectivity index (χ3v) is 1.22. The first-order valence-corrected chi connectivity index (χ1v) is 2.84. The Morgan fingerprint density at radius 1 is 1.40 bits per heavy atom. The minimum Gasteiger partial charge on any atom is -0.246 e. The molecule has 0 heterocycles. The molecule has 1 rings (SSSR count). The second-order valence-electron chi connectivity index (χ2n) is 1.98. The smallest absolute Gasteiger partial charge is 0.128 e. The Labute approximate surface area is 59.3 Å². The molecular formula is C7H5BF2. The summed E-state index contributed by atoms with van der Waals surface area (Å²) in [7, 11) is 5.22. The highest BCUT2D eigenvalue weighted by Gasteiger charge is 1.98. The summed E-state index contributed by atoms with van der Waals surface area (Å²) in [5.41, 5.74) is 0.365. The number of hydrogen-bond acceptors (Lipinski definition) is 0. The van der Waals surface area contributed by atoms with Gasteiger partial charge >= 0.3 is 0 Å². The molecule has 0 saturated carbocycles. The van der Waals surface area contributed by atoms with Crippen molar-refractivity contribution in [2.24, 2.45) is 0 Å². The Hall–Kier alpha value is -0.855. The van der Waals surface area contributed by atoms with E-state index in [1.165, 1.54) is 12.1 Å². The van der Waals surface area contributed by atoms with E-state index < -0.39 is 12.5 Å². The second-order valence-corrected chi connectivity index (χ2v) is 1.98. The number of alkyl halides is 1. The molecule has 0 saturated heterocycles. The average molecular weight is 138 g/mol. The minimum atomic E-state index is -0.786. The van der Waals surface area contributed by atoms with Crippen LogP contribution in [0.15, 0.2) is 18.2 Å². The molecule has 1 aromatic carbocycles. The van der Waals surface area contributed by atoms with Crippen molar-refractivity contribution in [2.45, 2.75) is 6.67 Å². The molecule has 1 aromatic rings. The lowest BCUT2D eigenvalue weighted by Crippen LogP contribution is -2.03. The van der Waals surface area contributed by atoms with Gasteiger partial charge in [-0.25, -0.2) is 8.78 Å². The van der Waals surface area contributed by atoms with Gasteiger partial charge in [-0.2, -0.15) is 0 Å². The van der Waals surface area contributed by atoms with Gasteiger partial charge in [-0.15, -0.1) is 0 Å². The molecule has 0 amide bonds. The lowest BCUT2D eigenvalue weighted by molar-refractivity contribution is 0.464. The summed E-state index contributed by atoms with van der Waals surface area (Å²) in [5.74, 6) is -0.581. The molecule has 0 nitrogen and oxygen atoms in total. The first-order valence-electron chi connectivity index (χ1n) is 2.84. The maximum Gasteiger partial charge on any atom is 0.128 e. The van der Waals surface area contributed by atoms with Gasteiger partial charge in [0.25, 0.3) is 0 Å². The Bertz CT molecular complexity index is 235. The number of halogens is 2. The van der Waals surface area contributed by atoms with E-state index in [4.69, 9.17) is 7.85 Å². The van der Waals surface area contributed by atoms with E-state index in [-0.39, 0.29) is 5.56 Å². The molecule has 0 aliphatic rings. The maximum atomic E-state index is 12.5. The van der Waals surface area contributed by atoms with Crippen LogP contribution in [0.1, 0.15) is 5.56 Å². The third kappa shape index (κ3) is 1.35. The maximum absolute atomic E-state index is 12.5. The number of benzene rings is 1. The molecule has 0 atom stereocenters. The van der Waals surface area contributed by atoms with Crippen molar-refractivity contribution in [3.8, 4) is 0 Å². The van der Waals surface area contributed by atoms with E-state index in [0.717, 1.165) is 6.07 Å². The molecule has 50 valence electrons. The average Bonchev–Trinajstić information content (AvgIpc) is 1.88. The lowest BCUT2D eigenvalue weighted by atomic mass is 9.95. The zero-order valence-electron chi connectivity index (χ0n) is 5.27. The van der Waals surface area contributed by atoms with Crippen molar-refractivity contribution in [1.82, 2.24) is 0 Å². The van der Waals surface area contributed by atoms with Gasteiger partial charge in [0.15, 0.2) is 0 Å². The van der Waals surface area contributed by atoms with Crippen LogP contribution in [0, 0.1) is 5.82 Å². The molecular weight excluding hydrogens is 133 g/mol. The standard InChI is InChI=1S/C7H5BF2/c8-6-2-1-5(4-9)7(10)3-6/h1-3H,4H2. The van der Waals surface area contributed by atoms with Crippen molar-refractivity contribution in [1.29, 1.82) is 0 Å². The number of hydrogen-bond donors (Lipinski definition) is 0. The van der Waals surface area contributed by atoms with Crippen LogP contribution in [-0.4, -0.2) is 7.85 Å². The minimum absolute atomic E-state index is 0.0502. The molecule has 0 unspecified atom stereocenters. The molecule has 0 N–H and O–H groups in total. The molecule has 0 spiro atoms. The highest BCUT2D eigenvalue weighted by Crippen LogP contribution is 2.05. The van der Waals surface area contributed by atoms with Crippen molar-refractivity contribution in [2.75, 3.05) is 0 Å². The van der Waals surface area contributed by atoms with Gasteiger partial charge in [0, 0.05) is 5.56 Å². The molecule has 0 fully saturated rings. The summed E-state index contributed by atoms with van der Waals surface area (Å²) in [6.45, 7) is -0.786. The van der Waals surface area contributed by atoms with Crippen LogP contribution in [0.4, 0.5) is 8.78 Å². The van der Waals surface area contributed by atoms with E-state index in [9.17, 15) is 8.78 Å². The molecule has 0 aliphatic carbocycles. The Balaban J connectivity index is 3.07. The molecule has 2 radical (unpaired) electrons. The van der Waals surface area contributed by atoms with Gasteiger partial charge in [-0.05, 0) is 6.07 Å². The fourth-order valence-electron chi connectivity index (χ4n) is 0.672. The van der Waals surface area contributed by atoms with Gasteiger partial charge < -0.3 is 0 Å². The van der Waals surface area contributed by atoms with Crippen LogP contribution in [0.2, 0.25) is 0 Å². The summed E-state index contributed by atoms with van der Waals surface area (Å²) < 4.78 is 24.4. The fraction of sp³-hybridized carbons (Fsp3) is 0.143. The summed E-state index contributed by atoms with van der Waals surface area (Å²) in [6, 6.07) is 3.91. The topological polar surface area (TPSA) is 0 Å². The van der Waals surface area contributed by atoms with Crippen molar-refractivity contribution in [3.63, 3.8) is 0 Å². The van der Waals surface area contributed by atoms with Gasteiger partial charge in [-0.1, -0.05) is 17.6 Å². The Morgan fingerprint density at radius 2 is 2.10 bits per heavy atom. The molecule has 3 heteroatoms. The van der Waals surface area contributed by atoms with Gasteiger partial charge in [0.2, 0.25) is 0 Å². The van der Waals surface area contributed by atoms with Crippen molar-refractivity contribution >= 4 is 13.3 Å². The van der Waals surface area contributed by atoms with Crippen LogP contribution in [0.3, 0.4) is 0 Å². The summed E-state index contributed by atoms with van der Waals surface area (Å²) in [6.07, 6.45) is 0. The highest BCUT2D eigenvalue weighted by atomic mass is 19.1. The lowest BCUT2D eigenvalue weighted by Gasteiger charge is -1.97. The second kappa shape index (κ2) is 2.82. The quantitative estimate of drug-likeness (QED) is 0.509. The summed E-state index contributed by atoms with van der Waals surface area (Å²) in [4.78, 5) is 0. The van der Waals surface area contributed by atoms with E-state index in [2.05, 4.69) is 0 Å². The predicted octanol–water partition coefficient (Wildman–Crippen LogP) is 1.09. The van der Waals surface area contributed by atoms with Gasteiger partial charge in [-0.3, -0.25) is 0 Å². The van der Waals surface area contributed by atoms with Gasteiger partial charge in [0.1, 0.15) is 20.3 Å². The highest BCUT2D eigenvalue weighted by molar-refractivity contribution is 6.32. The largest absolute Gasteiger partial charge is 0.246 e. The molecule has 0 aromatic heterocycles. The van der Waals surface area contributed by atoms with E-state index in [1.54, 1.807) is 0 Å². The normalized spacial score (nSPS) is 9.80. The predicted molar refractivity (Wildman–Crippen MR) is 36.6 cm³/mol. The van der Waals surface area contributed by atoms with Crippen LogP contribution in [0.5, 0.6) is 0 Å². The summed E-state index contributed by atoms with van der Waals surface area (Å²) >= 11 is 0. The van der Waals surface area contributed by atoms with Gasteiger partial charge in [0.05, 0.1) is 0 Å². The fourth-order valence-corrected chi connectivity index (χ4v) is 0.672. The Morgan fingerprint density at radius 3 is 2.60 bits per heavy atom. The van der Waals surface area contributed by atoms with Crippen LogP contribution in [0.25, 0.3) is 0 Å². The molecule has 0 bridgehead atoms. The first-order chi connectivity index (χ1) is 4.74. The van der Waals surface area contributed by atoms with E-state index >= 15 is 0 Å². The van der Waals surface area contributed by atoms with E-state index in [0.29, 0.717) is 5.46 Å². The van der Waals surface area contributed by atoms with Crippen molar-refractivity contribution < 1.29 is 8.78 Å². The SMILES string of the molecule is [B]c1ccc(CF)c(F)c1. The van der Waals surface area contributed by atoms with Crippen LogP contribution >= 0.6 is 0 Å².